The molecule has 0 amide bonds. The van der Waals surface area contributed by atoms with E-state index in [9.17, 15) is 14.3 Å². The molecule has 4 rings (SSSR count). The Morgan fingerprint density at radius 1 is 1.29 bits per heavy atom. The van der Waals surface area contributed by atoms with E-state index >= 15 is 0 Å². The molecule has 2 saturated carbocycles. The molecular weight excluding hydrogens is 516 g/mol. The molecule has 2 unspecified atom stereocenters. The van der Waals surface area contributed by atoms with Crippen LogP contribution in [0.4, 0.5) is 10.1 Å². The van der Waals surface area contributed by atoms with Crippen molar-refractivity contribution in [2.75, 3.05) is 12.4 Å². The van der Waals surface area contributed by atoms with Crippen molar-refractivity contribution in [1.29, 1.82) is 0 Å². The Balaban J connectivity index is 0.000000287. The van der Waals surface area contributed by atoms with Gasteiger partial charge in [-0.15, -0.1) is 0 Å². The van der Waals surface area contributed by atoms with Crippen LogP contribution in [0.15, 0.2) is 46.5 Å². The van der Waals surface area contributed by atoms with E-state index in [-0.39, 0.29) is 27.1 Å². The first-order valence-electron chi connectivity index (χ1n) is 11.1. The lowest BCUT2D eigenvalue weighted by atomic mass is 9.87. The highest BCUT2D eigenvalue weighted by molar-refractivity contribution is 6.31. The van der Waals surface area contributed by atoms with Crippen molar-refractivity contribution in [3.05, 3.63) is 68.7 Å². The third kappa shape index (κ3) is 6.12. The molecule has 0 bridgehead atoms. The number of nitrogens with one attached hydrogen (secondary N) is 1. The van der Waals surface area contributed by atoms with Crippen LogP contribution in [0.2, 0.25) is 5.02 Å². The number of aromatic nitrogens is 2. The summed E-state index contributed by atoms with van der Waals surface area (Å²) in [6.45, 7) is 0. The van der Waals surface area contributed by atoms with Crippen molar-refractivity contribution in [3.63, 3.8) is 0 Å². The van der Waals surface area contributed by atoms with Gasteiger partial charge in [0, 0.05) is 31.3 Å². The number of benzene rings is 1. The summed E-state index contributed by atoms with van der Waals surface area (Å²) in [7, 11) is 3.57. The van der Waals surface area contributed by atoms with Gasteiger partial charge in [0.05, 0.1) is 27.8 Å². The highest BCUT2D eigenvalue weighted by Gasteiger charge is 2.51. The molecule has 0 spiro atoms. The number of aliphatic hydroxyl groups is 1. The van der Waals surface area contributed by atoms with Crippen LogP contribution >= 0.6 is 34.8 Å². The quantitative estimate of drug-likeness (QED) is 0.243. The number of nitrogens with zero attached hydrogens (tertiary/aromatic N) is 2. The first-order valence-corrected chi connectivity index (χ1v) is 12.2. The van der Waals surface area contributed by atoms with Crippen LogP contribution < -0.4 is 16.8 Å². The molecule has 0 radical (unpaired) electrons. The van der Waals surface area contributed by atoms with Crippen molar-refractivity contribution in [2.45, 2.75) is 37.2 Å². The minimum absolute atomic E-state index is 0.00981. The number of imidazole rings is 1. The second-order valence-electron chi connectivity index (χ2n) is 9.04. The second kappa shape index (κ2) is 11.2. The zero-order valence-electron chi connectivity index (χ0n) is 19.4. The zero-order chi connectivity index (χ0) is 25.9. The van der Waals surface area contributed by atoms with Crippen LogP contribution in [0.1, 0.15) is 47.8 Å². The molecule has 35 heavy (non-hydrogen) atoms. The fourth-order valence-corrected chi connectivity index (χ4v) is 5.76. The minimum Gasteiger partial charge on any atom is -0.389 e. The summed E-state index contributed by atoms with van der Waals surface area (Å²) in [4.78, 5) is 15.7. The Hall–Kier alpha value is -2.26. The van der Waals surface area contributed by atoms with Crippen molar-refractivity contribution in [3.8, 4) is 0 Å². The average Bonchev–Trinajstić information content (AvgIpc) is 3.44. The predicted octanol–water partition coefficient (Wildman–Crippen LogP) is 4.84. The van der Waals surface area contributed by atoms with Crippen LogP contribution in [0.25, 0.3) is 0 Å². The van der Waals surface area contributed by atoms with Gasteiger partial charge in [0.1, 0.15) is 16.7 Å². The lowest BCUT2D eigenvalue weighted by Crippen LogP contribution is -2.30. The number of aryl methyl sites for hydroxylation is 1. The summed E-state index contributed by atoms with van der Waals surface area (Å²) >= 11 is 17.2. The van der Waals surface area contributed by atoms with Crippen molar-refractivity contribution < 1.29 is 14.3 Å². The van der Waals surface area contributed by atoms with Gasteiger partial charge < -0.3 is 26.5 Å². The van der Waals surface area contributed by atoms with Crippen molar-refractivity contribution >= 4 is 46.8 Å². The van der Waals surface area contributed by atoms with Gasteiger partial charge in [-0.25, -0.2) is 9.37 Å². The van der Waals surface area contributed by atoms with Gasteiger partial charge in [0.15, 0.2) is 6.29 Å². The third-order valence-electron chi connectivity index (χ3n) is 6.80. The number of hydrogen-bond donors (Lipinski definition) is 4. The van der Waals surface area contributed by atoms with Gasteiger partial charge in [-0.1, -0.05) is 34.8 Å². The summed E-state index contributed by atoms with van der Waals surface area (Å²) in [5, 5.41) is 14.1. The van der Waals surface area contributed by atoms with E-state index in [2.05, 4.69) is 10.3 Å². The Morgan fingerprint density at radius 2 is 1.91 bits per heavy atom. The van der Waals surface area contributed by atoms with E-state index < -0.39 is 5.60 Å². The van der Waals surface area contributed by atoms with Gasteiger partial charge in [0.2, 0.25) is 0 Å². The number of carbonyl (C=O) groups excluding carboxylic acids is 1. The largest absolute Gasteiger partial charge is 0.389 e. The maximum absolute atomic E-state index is 12.5. The first-order chi connectivity index (χ1) is 16.5. The minimum atomic E-state index is -1.12. The highest BCUT2D eigenvalue weighted by Crippen LogP contribution is 2.56. The molecule has 11 heteroatoms. The lowest BCUT2D eigenvalue weighted by molar-refractivity contribution is 0.0788. The molecule has 7 nitrogen and oxygen atoms in total. The molecule has 0 saturated heterocycles. The number of anilines is 1. The van der Waals surface area contributed by atoms with E-state index in [1.54, 1.807) is 24.0 Å². The Labute approximate surface area is 218 Å². The second-order valence-corrected chi connectivity index (χ2v) is 10.3. The van der Waals surface area contributed by atoms with E-state index in [0.717, 1.165) is 30.5 Å². The van der Waals surface area contributed by atoms with Gasteiger partial charge in [0.25, 0.3) is 0 Å². The molecule has 1 aromatic carbocycles. The molecule has 2 aliphatic carbocycles. The number of hydrogen-bond acceptors (Lipinski definition) is 6. The number of nitrogens with two attached hydrogens (primary N) is 2. The third-order valence-corrected chi connectivity index (χ3v) is 7.40. The lowest BCUT2D eigenvalue weighted by Gasteiger charge is -2.26. The fraction of sp³-hybridized carbons (Fsp3) is 0.417. The summed E-state index contributed by atoms with van der Waals surface area (Å²) in [6.07, 6.45) is 6.80. The smallest absolute Gasteiger partial charge is 0.168 e. The van der Waals surface area contributed by atoms with E-state index in [1.165, 1.54) is 18.2 Å². The number of halogens is 4. The molecule has 2 aliphatic rings. The van der Waals surface area contributed by atoms with Crippen molar-refractivity contribution in [2.24, 2.45) is 30.4 Å². The highest BCUT2D eigenvalue weighted by atomic mass is 35.5. The normalized spacial score (nSPS) is 26.5. The van der Waals surface area contributed by atoms with Gasteiger partial charge in [-0.05, 0) is 61.8 Å². The standard InChI is InChI=1S/C17H22Cl2N4O2.C7H7ClFN/c1-23-8-22-15(13(23)7-24)9-2-10-5-17(25,6-11(10)3-9)12(16(19)21)4-14(18)20;1-10-5-2-3-7(9)6(8)4-5/h4,7-11,25H,2-3,5-6,20-21H2,1H3;2-4,10H,1H3/b14-4-,16-12+;. The molecule has 6 N–H and O–H groups in total. The molecular formula is C24H29Cl3FN5O2. The number of aldehydes is 1. The van der Waals surface area contributed by atoms with Crippen molar-refractivity contribution in [1.82, 2.24) is 9.55 Å². The van der Waals surface area contributed by atoms with E-state index in [0.29, 0.717) is 35.9 Å². The monoisotopic (exact) mass is 543 g/mol. The van der Waals surface area contributed by atoms with Crippen LogP contribution in [0, 0.1) is 17.7 Å². The molecule has 0 aliphatic heterocycles. The summed E-state index contributed by atoms with van der Waals surface area (Å²) in [5.41, 5.74) is 12.8. The van der Waals surface area contributed by atoms with E-state index in [1.807, 2.05) is 7.05 Å². The molecule has 2 atom stereocenters. The van der Waals surface area contributed by atoms with Crippen LogP contribution in [-0.2, 0) is 7.05 Å². The van der Waals surface area contributed by atoms with Gasteiger partial charge in [-0.2, -0.15) is 0 Å². The predicted molar refractivity (Wildman–Crippen MR) is 138 cm³/mol. The van der Waals surface area contributed by atoms with Crippen LogP contribution in [0.3, 0.4) is 0 Å². The fourth-order valence-electron chi connectivity index (χ4n) is 5.24. The Kier molecular flexibility index (Phi) is 8.75. The van der Waals surface area contributed by atoms with Gasteiger partial charge >= 0.3 is 0 Å². The zero-order valence-corrected chi connectivity index (χ0v) is 21.7. The number of rotatable bonds is 5. The number of carbonyl (C=O) groups is 1. The van der Waals surface area contributed by atoms with Crippen LogP contribution in [-0.4, -0.2) is 33.6 Å². The summed E-state index contributed by atoms with van der Waals surface area (Å²) in [5.74, 6) is 0.469. The summed E-state index contributed by atoms with van der Waals surface area (Å²) < 4.78 is 14.2. The molecule has 1 heterocycles. The molecule has 2 fully saturated rings. The molecule has 190 valence electrons. The Bertz CT molecular complexity index is 1130. The maximum atomic E-state index is 12.5. The maximum Gasteiger partial charge on any atom is 0.168 e. The first kappa shape index (κ1) is 27.3. The molecule has 1 aromatic heterocycles. The van der Waals surface area contributed by atoms with E-state index in [4.69, 9.17) is 46.3 Å². The average molecular weight is 545 g/mol. The SMILES string of the molecule is CNc1ccc(F)c(Cl)c1.Cn1cnc(C2CC3CC(O)(C(/C=C(\N)Cl)=C(/N)Cl)CC3C2)c1C=O. The topological polar surface area (TPSA) is 119 Å². The summed E-state index contributed by atoms with van der Waals surface area (Å²) in [6, 6.07) is 4.49. The number of fused-ring (bicyclic) bond motifs is 1. The van der Waals surface area contributed by atoms with Gasteiger partial charge in [-0.3, -0.25) is 4.79 Å². The van der Waals surface area contributed by atoms with Crippen LogP contribution in [0.5, 0.6) is 0 Å². The Morgan fingerprint density at radius 3 is 2.40 bits per heavy atom. The molecule has 2 aromatic rings.